The van der Waals surface area contributed by atoms with Crippen LogP contribution < -0.4 is 5.32 Å². The third-order valence-corrected chi connectivity index (χ3v) is 3.71. The molecule has 3 rings (SSSR count). The zero-order valence-electron chi connectivity index (χ0n) is 11.0. The van der Waals surface area contributed by atoms with Gasteiger partial charge in [0.1, 0.15) is 0 Å². The van der Waals surface area contributed by atoms with Crippen molar-refractivity contribution in [3.63, 3.8) is 0 Å². The van der Waals surface area contributed by atoms with Crippen LogP contribution in [0.2, 0.25) is 0 Å². The second-order valence-electron chi connectivity index (χ2n) is 5.01. The number of amides is 1. The minimum Gasteiger partial charge on any atom is -0.377 e. The summed E-state index contributed by atoms with van der Waals surface area (Å²) in [4.78, 5) is 14.4. The van der Waals surface area contributed by atoms with E-state index < -0.39 is 0 Å². The second-order valence-corrected chi connectivity index (χ2v) is 5.01. The molecule has 0 bridgehead atoms. The van der Waals surface area contributed by atoms with Gasteiger partial charge in [0.2, 0.25) is 0 Å². The molecule has 2 aliphatic heterocycles. The smallest absolute Gasteiger partial charge is 0.254 e. The van der Waals surface area contributed by atoms with Gasteiger partial charge in [-0.15, -0.1) is 12.4 Å². The molecule has 2 heterocycles. The lowest BCUT2D eigenvalue weighted by molar-refractivity contribution is 0.00359. The lowest BCUT2D eigenvalue weighted by atomic mass is 10.0. The molecule has 1 unspecified atom stereocenters. The van der Waals surface area contributed by atoms with E-state index in [9.17, 15) is 4.79 Å². The van der Waals surface area contributed by atoms with Crippen molar-refractivity contribution < 1.29 is 9.53 Å². The molecule has 1 amide bonds. The van der Waals surface area contributed by atoms with E-state index in [1.165, 1.54) is 11.1 Å². The van der Waals surface area contributed by atoms with Crippen molar-refractivity contribution in [3.05, 3.63) is 34.9 Å². The molecular weight excluding hydrogens is 264 g/mol. The Morgan fingerprint density at radius 2 is 2.16 bits per heavy atom. The van der Waals surface area contributed by atoms with Crippen molar-refractivity contribution in [1.82, 2.24) is 10.2 Å². The molecule has 19 heavy (non-hydrogen) atoms. The molecule has 0 aromatic heterocycles. The first-order valence-electron chi connectivity index (χ1n) is 6.47. The highest BCUT2D eigenvalue weighted by atomic mass is 35.5. The number of benzene rings is 1. The first-order valence-corrected chi connectivity index (χ1v) is 6.47. The van der Waals surface area contributed by atoms with Crippen molar-refractivity contribution in [1.29, 1.82) is 0 Å². The topological polar surface area (TPSA) is 41.6 Å². The molecular formula is C14H19ClN2O2. The number of hydrogen-bond donors (Lipinski definition) is 1. The molecule has 1 aromatic carbocycles. The third kappa shape index (κ3) is 2.76. The zero-order chi connectivity index (χ0) is 12.5. The highest BCUT2D eigenvalue weighted by Gasteiger charge is 2.25. The van der Waals surface area contributed by atoms with E-state index in [4.69, 9.17) is 4.74 Å². The van der Waals surface area contributed by atoms with E-state index in [0.29, 0.717) is 19.8 Å². The molecule has 0 radical (unpaired) electrons. The summed E-state index contributed by atoms with van der Waals surface area (Å²) in [6, 6.07) is 6.20. The van der Waals surface area contributed by atoms with Crippen molar-refractivity contribution >= 4 is 18.3 Å². The van der Waals surface area contributed by atoms with Gasteiger partial charge in [-0.2, -0.15) is 0 Å². The fraction of sp³-hybridized carbons (Fsp3) is 0.500. The second kappa shape index (κ2) is 5.90. The number of ether oxygens (including phenoxy) is 1. The van der Waals surface area contributed by atoms with Crippen LogP contribution in [-0.2, 0) is 17.8 Å². The maximum Gasteiger partial charge on any atom is 0.254 e. The van der Waals surface area contributed by atoms with E-state index in [2.05, 4.69) is 11.4 Å². The molecule has 5 heteroatoms. The third-order valence-electron chi connectivity index (χ3n) is 3.71. The summed E-state index contributed by atoms with van der Waals surface area (Å²) in [6.07, 6.45) is 0. The highest BCUT2D eigenvalue weighted by Crippen LogP contribution is 2.19. The zero-order valence-corrected chi connectivity index (χ0v) is 11.8. The number of nitrogens with zero attached hydrogens (tertiary/aromatic N) is 1. The summed E-state index contributed by atoms with van der Waals surface area (Å²) in [5.41, 5.74) is 3.36. The average molecular weight is 283 g/mol. The van der Waals surface area contributed by atoms with Gasteiger partial charge in [-0.05, 0) is 30.2 Å². The molecule has 1 atom stereocenters. The molecule has 104 valence electrons. The fourth-order valence-electron chi connectivity index (χ4n) is 2.62. The number of halogens is 1. The van der Waals surface area contributed by atoms with Crippen LogP contribution >= 0.6 is 12.4 Å². The van der Waals surface area contributed by atoms with Gasteiger partial charge in [0.05, 0.1) is 19.3 Å². The Labute approximate surface area is 119 Å². The number of fused-ring (bicyclic) bond motifs is 1. The number of nitrogens with one attached hydrogen (secondary N) is 1. The molecule has 0 aliphatic carbocycles. The van der Waals surface area contributed by atoms with Gasteiger partial charge in [0, 0.05) is 25.2 Å². The van der Waals surface area contributed by atoms with Crippen molar-refractivity contribution in [2.45, 2.75) is 26.1 Å². The standard InChI is InChI=1S/C14H18N2O2.ClH/c1-10-9-18-5-4-16(10)14(17)11-2-3-12-7-15-8-13(12)6-11;/h2-3,6,10,15H,4-5,7-9H2,1H3;1H. The number of carbonyl (C=O) groups excluding carboxylic acids is 1. The summed E-state index contributed by atoms with van der Waals surface area (Å²) in [5.74, 6) is 0.125. The maximum absolute atomic E-state index is 12.5. The minimum absolute atomic E-state index is 0. The predicted octanol–water partition coefficient (Wildman–Crippen LogP) is 1.57. The average Bonchev–Trinajstić information content (AvgIpc) is 2.85. The van der Waals surface area contributed by atoms with Crippen LogP contribution in [0.1, 0.15) is 28.4 Å². The molecule has 1 aromatic rings. The molecule has 1 fully saturated rings. The van der Waals surface area contributed by atoms with E-state index in [1.807, 2.05) is 24.0 Å². The van der Waals surface area contributed by atoms with E-state index >= 15 is 0 Å². The molecule has 1 saturated heterocycles. The Balaban J connectivity index is 0.00000133. The quantitative estimate of drug-likeness (QED) is 0.850. The molecule has 2 aliphatic rings. The van der Waals surface area contributed by atoms with Gasteiger partial charge in [-0.3, -0.25) is 4.79 Å². The van der Waals surface area contributed by atoms with E-state index in [1.54, 1.807) is 0 Å². The van der Waals surface area contributed by atoms with Crippen molar-refractivity contribution in [2.24, 2.45) is 0 Å². The lowest BCUT2D eigenvalue weighted by Crippen LogP contribution is -2.47. The number of morpholine rings is 1. The summed E-state index contributed by atoms with van der Waals surface area (Å²) in [7, 11) is 0. The summed E-state index contributed by atoms with van der Waals surface area (Å²) in [6.45, 7) is 5.79. The molecule has 4 nitrogen and oxygen atoms in total. The lowest BCUT2D eigenvalue weighted by Gasteiger charge is -2.33. The monoisotopic (exact) mass is 282 g/mol. The largest absolute Gasteiger partial charge is 0.377 e. The highest BCUT2D eigenvalue weighted by molar-refractivity contribution is 5.94. The Hall–Kier alpha value is -1.10. The summed E-state index contributed by atoms with van der Waals surface area (Å²) < 4.78 is 5.37. The first-order chi connectivity index (χ1) is 8.75. The van der Waals surface area contributed by atoms with Crippen LogP contribution in [0.4, 0.5) is 0 Å². The Morgan fingerprint density at radius 3 is 2.95 bits per heavy atom. The molecule has 0 spiro atoms. The number of rotatable bonds is 1. The fourth-order valence-corrected chi connectivity index (χ4v) is 2.62. The summed E-state index contributed by atoms with van der Waals surface area (Å²) in [5, 5.41) is 3.30. The van der Waals surface area contributed by atoms with Crippen LogP contribution in [0.3, 0.4) is 0 Å². The SMILES string of the molecule is CC1COCCN1C(=O)c1ccc2c(c1)CNC2.Cl. The summed E-state index contributed by atoms with van der Waals surface area (Å²) >= 11 is 0. The van der Waals surface area contributed by atoms with Gasteiger partial charge in [0.25, 0.3) is 5.91 Å². The normalized spacial score (nSPS) is 21.7. The van der Waals surface area contributed by atoms with Gasteiger partial charge in [-0.1, -0.05) is 6.07 Å². The van der Waals surface area contributed by atoms with Gasteiger partial charge in [-0.25, -0.2) is 0 Å². The van der Waals surface area contributed by atoms with Gasteiger partial charge >= 0.3 is 0 Å². The predicted molar refractivity (Wildman–Crippen MR) is 75.6 cm³/mol. The van der Waals surface area contributed by atoms with Crippen molar-refractivity contribution in [2.75, 3.05) is 19.8 Å². The first kappa shape index (κ1) is 14.3. The van der Waals surface area contributed by atoms with E-state index in [0.717, 1.165) is 18.7 Å². The Bertz CT molecular complexity index is 479. The van der Waals surface area contributed by atoms with Crippen molar-refractivity contribution in [3.8, 4) is 0 Å². The van der Waals surface area contributed by atoms with Crippen LogP contribution in [-0.4, -0.2) is 36.6 Å². The van der Waals surface area contributed by atoms with Crippen LogP contribution in [0.15, 0.2) is 18.2 Å². The van der Waals surface area contributed by atoms with Crippen LogP contribution in [0.5, 0.6) is 0 Å². The van der Waals surface area contributed by atoms with E-state index in [-0.39, 0.29) is 24.4 Å². The Kier molecular flexibility index (Phi) is 4.45. The minimum atomic E-state index is 0. The molecule has 1 N–H and O–H groups in total. The van der Waals surface area contributed by atoms with Crippen LogP contribution in [0, 0.1) is 0 Å². The van der Waals surface area contributed by atoms with Crippen LogP contribution in [0.25, 0.3) is 0 Å². The Morgan fingerprint density at radius 1 is 1.37 bits per heavy atom. The molecule has 0 saturated carbocycles. The van der Waals surface area contributed by atoms with Gasteiger partial charge < -0.3 is 15.0 Å². The number of hydrogen-bond acceptors (Lipinski definition) is 3. The van der Waals surface area contributed by atoms with Gasteiger partial charge in [0.15, 0.2) is 0 Å². The maximum atomic E-state index is 12.5. The number of carbonyl (C=O) groups is 1.